The van der Waals surface area contributed by atoms with E-state index in [4.69, 9.17) is 0 Å². The molecule has 19 heavy (non-hydrogen) atoms. The first-order valence-corrected chi connectivity index (χ1v) is 7.75. The van der Waals surface area contributed by atoms with Gasteiger partial charge in [0.2, 0.25) is 0 Å². The van der Waals surface area contributed by atoms with Gasteiger partial charge in [0.25, 0.3) is 0 Å². The van der Waals surface area contributed by atoms with Gasteiger partial charge in [-0.05, 0) is 47.8 Å². The third-order valence-corrected chi connectivity index (χ3v) is 4.84. The normalized spacial score (nSPS) is 27.6. The van der Waals surface area contributed by atoms with Gasteiger partial charge in [-0.25, -0.2) is 4.39 Å². The third kappa shape index (κ3) is 2.95. The molecule has 0 aromatic heterocycles. The minimum absolute atomic E-state index is 0.0490. The minimum Gasteiger partial charge on any atom is -0.362 e. The zero-order valence-electron chi connectivity index (χ0n) is 11.8. The van der Waals surface area contributed by atoms with Crippen LogP contribution in [0.4, 0.5) is 10.1 Å². The van der Waals surface area contributed by atoms with Gasteiger partial charge in [-0.1, -0.05) is 19.9 Å². The molecule has 1 aromatic carbocycles. The zero-order chi connectivity index (χ0) is 14.0. The van der Waals surface area contributed by atoms with Crippen molar-refractivity contribution >= 4 is 21.6 Å². The van der Waals surface area contributed by atoms with Crippen molar-refractivity contribution in [1.29, 1.82) is 0 Å². The molecule has 1 N–H and O–H groups in total. The van der Waals surface area contributed by atoms with E-state index in [2.05, 4.69) is 46.9 Å². The van der Waals surface area contributed by atoms with Crippen molar-refractivity contribution in [2.75, 3.05) is 18.0 Å². The fourth-order valence-corrected chi connectivity index (χ4v) is 3.23. The molecule has 2 nitrogen and oxygen atoms in total. The van der Waals surface area contributed by atoms with Gasteiger partial charge in [0.1, 0.15) is 5.82 Å². The molecule has 2 rings (SSSR count). The Bertz CT molecular complexity index is 432. The molecular weight excluding hydrogens is 307 g/mol. The molecule has 1 aromatic rings. The lowest BCUT2D eigenvalue weighted by Crippen LogP contribution is -2.63. The molecule has 1 saturated heterocycles. The number of anilines is 1. The first kappa shape index (κ1) is 14.8. The highest BCUT2D eigenvalue weighted by atomic mass is 79.9. The molecule has 1 fully saturated rings. The molecule has 2 atom stereocenters. The highest BCUT2D eigenvalue weighted by Gasteiger charge is 2.35. The molecule has 1 heterocycles. The van der Waals surface area contributed by atoms with Crippen molar-refractivity contribution in [3.05, 3.63) is 28.5 Å². The van der Waals surface area contributed by atoms with Crippen molar-refractivity contribution in [1.82, 2.24) is 5.32 Å². The van der Waals surface area contributed by atoms with Crippen molar-refractivity contribution in [3.8, 4) is 0 Å². The second-order valence-corrected chi connectivity index (χ2v) is 6.41. The third-order valence-electron chi connectivity index (χ3n) is 4.20. The SMILES string of the molecule is CCC1CNC(C)(CC)CN1c1c(F)cccc1Br. The number of hydrogen-bond donors (Lipinski definition) is 1. The van der Waals surface area contributed by atoms with Gasteiger partial charge in [-0.15, -0.1) is 0 Å². The molecule has 0 bridgehead atoms. The van der Waals surface area contributed by atoms with Crippen LogP contribution in [-0.4, -0.2) is 24.7 Å². The second kappa shape index (κ2) is 5.80. The topological polar surface area (TPSA) is 15.3 Å². The molecule has 4 heteroatoms. The van der Waals surface area contributed by atoms with Gasteiger partial charge in [0.05, 0.1) is 5.69 Å². The van der Waals surface area contributed by atoms with Crippen LogP contribution in [-0.2, 0) is 0 Å². The Balaban J connectivity index is 2.38. The van der Waals surface area contributed by atoms with Gasteiger partial charge in [-0.2, -0.15) is 0 Å². The van der Waals surface area contributed by atoms with Crippen LogP contribution in [0.2, 0.25) is 0 Å². The fourth-order valence-electron chi connectivity index (χ4n) is 2.66. The number of halogens is 2. The lowest BCUT2D eigenvalue weighted by Gasteiger charge is -2.47. The van der Waals surface area contributed by atoms with Gasteiger partial charge in [-0.3, -0.25) is 0 Å². The van der Waals surface area contributed by atoms with Crippen LogP contribution in [0.25, 0.3) is 0 Å². The Labute approximate surface area is 123 Å². The minimum atomic E-state index is -0.145. The van der Waals surface area contributed by atoms with E-state index >= 15 is 0 Å². The lowest BCUT2D eigenvalue weighted by molar-refractivity contribution is 0.274. The largest absolute Gasteiger partial charge is 0.362 e. The molecule has 1 aliphatic rings. The fraction of sp³-hybridized carbons (Fsp3) is 0.600. The average molecular weight is 329 g/mol. The smallest absolute Gasteiger partial charge is 0.147 e. The van der Waals surface area contributed by atoms with E-state index in [-0.39, 0.29) is 11.4 Å². The van der Waals surface area contributed by atoms with Gasteiger partial charge >= 0.3 is 0 Å². The highest BCUT2D eigenvalue weighted by Crippen LogP contribution is 2.34. The summed E-state index contributed by atoms with van der Waals surface area (Å²) in [5, 5.41) is 3.61. The number of para-hydroxylation sites is 1. The van der Waals surface area contributed by atoms with Crippen LogP contribution in [0.3, 0.4) is 0 Å². The van der Waals surface area contributed by atoms with Crippen LogP contribution < -0.4 is 10.2 Å². The number of rotatable bonds is 3. The Morgan fingerprint density at radius 2 is 2.21 bits per heavy atom. The van der Waals surface area contributed by atoms with E-state index in [0.29, 0.717) is 11.7 Å². The summed E-state index contributed by atoms with van der Waals surface area (Å²) >= 11 is 3.50. The predicted molar refractivity (Wildman–Crippen MR) is 82.2 cm³/mol. The number of piperazine rings is 1. The molecule has 0 radical (unpaired) electrons. The van der Waals surface area contributed by atoms with E-state index in [1.165, 1.54) is 6.07 Å². The first-order valence-electron chi connectivity index (χ1n) is 6.96. The summed E-state index contributed by atoms with van der Waals surface area (Å²) in [5.74, 6) is -0.145. The summed E-state index contributed by atoms with van der Waals surface area (Å²) < 4.78 is 15.0. The average Bonchev–Trinajstić information content (AvgIpc) is 2.39. The van der Waals surface area contributed by atoms with E-state index in [9.17, 15) is 4.39 Å². The van der Waals surface area contributed by atoms with Crippen molar-refractivity contribution in [3.63, 3.8) is 0 Å². The summed E-state index contributed by atoms with van der Waals surface area (Å²) in [6.45, 7) is 8.28. The quantitative estimate of drug-likeness (QED) is 0.903. The van der Waals surface area contributed by atoms with E-state index in [1.54, 1.807) is 6.07 Å². The Morgan fingerprint density at radius 3 is 2.79 bits per heavy atom. The first-order chi connectivity index (χ1) is 9.00. The summed E-state index contributed by atoms with van der Waals surface area (Å²) in [7, 11) is 0. The predicted octanol–water partition coefficient (Wildman–Crippen LogP) is 3.95. The van der Waals surface area contributed by atoms with Gasteiger partial charge in [0, 0.05) is 29.1 Å². The van der Waals surface area contributed by atoms with E-state index < -0.39 is 0 Å². The molecule has 0 spiro atoms. The molecule has 106 valence electrons. The molecule has 1 aliphatic heterocycles. The monoisotopic (exact) mass is 328 g/mol. The maximum absolute atomic E-state index is 14.2. The summed E-state index contributed by atoms with van der Waals surface area (Å²) in [4.78, 5) is 2.22. The lowest BCUT2D eigenvalue weighted by atomic mass is 9.92. The van der Waals surface area contributed by atoms with Gasteiger partial charge in [0.15, 0.2) is 0 Å². The van der Waals surface area contributed by atoms with E-state index in [0.717, 1.165) is 30.4 Å². The van der Waals surface area contributed by atoms with Crippen LogP contribution in [0.15, 0.2) is 22.7 Å². The maximum atomic E-state index is 14.2. The Morgan fingerprint density at radius 1 is 1.47 bits per heavy atom. The molecule has 0 amide bonds. The molecular formula is C15H22BrFN2. The summed E-state index contributed by atoms with van der Waals surface area (Å²) in [6.07, 6.45) is 2.04. The number of nitrogens with zero attached hydrogens (tertiary/aromatic N) is 1. The maximum Gasteiger partial charge on any atom is 0.147 e. The second-order valence-electron chi connectivity index (χ2n) is 5.56. The highest BCUT2D eigenvalue weighted by molar-refractivity contribution is 9.10. The summed E-state index contributed by atoms with van der Waals surface area (Å²) in [5.41, 5.74) is 0.753. The van der Waals surface area contributed by atoms with Crippen molar-refractivity contribution in [2.45, 2.75) is 45.2 Å². The van der Waals surface area contributed by atoms with Gasteiger partial charge < -0.3 is 10.2 Å². The molecule has 0 aliphatic carbocycles. The Kier molecular flexibility index (Phi) is 4.51. The van der Waals surface area contributed by atoms with Crippen molar-refractivity contribution < 1.29 is 4.39 Å². The standard InChI is InChI=1S/C15H22BrFN2/c1-4-11-9-18-15(3,5-2)10-19(11)14-12(16)7-6-8-13(14)17/h6-8,11,18H,4-5,9-10H2,1-3H3. The van der Waals surface area contributed by atoms with Crippen LogP contribution >= 0.6 is 15.9 Å². The molecule has 0 saturated carbocycles. The van der Waals surface area contributed by atoms with Crippen LogP contribution in [0, 0.1) is 5.82 Å². The number of benzene rings is 1. The van der Waals surface area contributed by atoms with E-state index in [1.807, 2.05) is 6.07 Å². The number of nitrogens with one attached hydrogen (secondary N) is 1. The summed E-state index contributed by atoms with van der Waals surface area (Å²) in [6, 6.07) is 5.53. The van der Waals surface area contributed by atoms with Crippen LogP contribution in [0.5, 0.6) is 0 Å². The number of hydrogen-bond acceptors (Lipinski definition) is 2. The molecule has 2 unspecified atom stereocenters. The Hall–Kier alpha value is -0.610. The van der Waals surface area contributed by atoms with Crippen molar-refractivity contribution in [2.24, 2.45) is 0 Å². The van der Waals surface area contributed by atoms with Crippen LogP contribution in [0.1, 0.15) is 33.6 Å². The zero-order valence-corrected chi connectivity index (χ0v) is 13.4.